The van der Waals surface area contributed by atoms with Gasteiger partial charge >= 0.3 is 0 Å². The molecule has 0 spiro atoms. The number of hydrogen-bond donors (Lipinski definition) is 2. The van der Waals surface area contributed by atoms with Crippen molar-refractivity contribution in [1.29, 1.82) is 5.26 Å². The third-order valence-corrected chi connectivity index (χ3v) is 5.29. The first-order chi connectivity index (χ1) is 15.5. The third kappa shape index (κ3) is 4.11. The molecule has 4 aromatic rings. The van der Waals surface area contributed by atoms with E-state index in [0.29, 0.717) is 6.04 Å². The first-order valence-electron chi connectivity index (χ1n) is 10.3. The Bertz CT molecular complexity index is 1370. The fraction of sp³-hybridized carbons (Fsp3) is 0.217. The average molecular weight is 426 g/mol. The number of nitrogens with zero attached hydrogens (tertiary/aromatic N) is 6. The molecule has 1 aliphatic rings. The van der Waals surface area contributed by atoms with Crippen molar-refractivity contribution in [2.75, 3.05) is 11.5 Å². The van der Waals surface area contributed by atoms with E-state index in [1.165, 1.54) is 6.20 Å². The smallest absolute Gasteiger partial charge is 0.259 e. The van der Waals surface area contributed by atoms with Gasteiger partial charge in [0.05, 0.1) is 24.0 Å². The van der Waals surface area contributed by atoms with Crippen LogP contribution in [0.4, 0.5) is 11.8 Å². The molecule has 3 aromatic heterocycles. The number of nitrogen functional groups attached to an aromatic ring is 2. The number of anilines is 2. The normalized spacial score (nSPS) is 12.6. The summed E-state index contributed by atoms with van der Waals surface area (Å²) in [5, 5.41) is 17.9. The molecular weight excluding hydrogens is 404 g/mol. The van der Waals surface area contributed by atoms with E-state index < -0.39 is 0 Å². The standard InChI is InChI=1S/C18H17N3O.C5H5N5/c1-2-14-10-12-4-3-5-16(13-8-9-19-20-11-13)17(12)18(22)21(14)15-6-7-15;6-1-3-2-9-5(8)10-4(3)7/h3-5,8-11,15H,2,6-7H2,1H3;2H,(H4,7,8,9,10). The molecule has 4 N–H and O–H groups in total. The van der Waals surface area contributed by atoms with Gasteiger partial charge in [0.2, 0.25) is 5.95 Å². The highest BCUT2D eigenvalue weighted by Crippen LogP contribution is 2.36. The average Bonchev–Trinajstić information content (AvgIpc) is 3.64. The fourth-order valence-corrected chi connectivity index (χ4v) is 3.62. The number of pyridine rings is 1. The second-order valence-corrected chi connectivity index (χ2v) is 7.44. The molecule has 0 amide bonds. The predicted molar refractivity (Wildman–Crippen MR) is 122 cm³/mol. The Morgan fingerprint density at radius 2 is 2.00 bits per heavy atom. The van der Waals surface area contributed by atoms with E-state index in [-0.39, 0.29) is 22.9 Å². The van der Waals surface area contributed by atoms with Crippen LogP contribution in [0.25, 0.3) is 21.9 Å². The molecule has 0 radical (unpaired) electrons. The second kappa shape index (κ2) is 8.81. The van der Waals surface area contributed by atoms with E-state index in [0.717, 1.165) is 46.9 Å². The van der Waals surface area contributed by atoms with Crippen molar-refractivity contribution < 1.29 is 0 Å². The summed E-state index contributed by atoms with van der Waals surface area (Å²) in [6.45, 7) is 2.11. The van der Waals surface area contributed by atoms with Crippen molar-refractivity contribution in [2.45, 2.75) is 32.2 Å². The van der Waals surface area contributed by atoms with Gasteiger partial charge < -0.3 is 16.0 Å². The van der Waals surface area contributed by atoms with Crippen LogP contribution in [0.5, 0.6) is 0 Å². The van der Waals surface area contributed by atoms with Crippen molar-refractivity contribution in [2.24, 2.45) is 0 Å². The van der Waals surface area contributed by atoms with E-state index in [1.54, 1.807) is 12.4 Å². The topological polar surface area (TPSA) is 149 Å². The summed E-state index contributed by atoms with van der Waals surface area (Å²) >= 11 is 0. The van der Waals surface area contributed by atoms with Gasteiger partial charge in [-0.1, -0.05) is 25.1 Å². The maximum absolute atomic E-state index is 13.1. The van der Waals surface area contributed by atoms with Gasteiger partial charge in [0.1, 0.15) is 17.5 Å². The first-order valence-corrected chi connectivity index (χ1v) is 10.3. The molecule has 160 valence electrons. The SMILES string of the molecule is CCc1cc2cccc(-c3ccnnc3)c2c(=O)n1C1CC1.N#Cc1cnc(N)nc1N. The number of nitrogens with two attached hydrogens (primary N) is 2. The van der Waals surface area contributed by atoms with Crippen molar-refractivity contribution in [1.82, 2.24) is 24.7 Å². The molecule has 0 bridgehead atoms. The summed E-state index contributed by atoms with van der Waals surface area (Å²) in [7, 11) is 0. The number of aryl methyl sites for hydroxylation is 1. The first kappa shape index (κ1) is 20.9. The molecule has 0 aliphatic heterocycles. The molecule has 5 rings (SSSR count). The quantitative estimate of drug-likeness (QED) is 0.508. The van der Waals surface area contributed by atoms with E-state index in [4.69, 9.17) is 16.7 Å². The van der Waals surface area contributed by atoms with Gasteiger partial charge in [0.25, 0.3) is 5.56 Å². The maximum Gasteiger partial charge on any atom is 0.259 e. The number of aromatic nitrogens is 5. The Balaban J connectivity index is 0.000000207. The summed E-state index contributed by atoms with van der Waals surface area (Å²) in [5.74, 6) is 0.200. The number of fused-ring (bicyclic) bond motifs is 1. The molecule has 0 unspecified atom stereocenters. The predicted octanol–water partition coefficient (Wildman–Crippen LogP) is 2.87. The van der Waals surface area contributed by atoms with Gasteiger partial charge in [-0.3, -0.25) is 4.79 Å². The molecular formula is C23H22N8O. The van der Waals surface area contributed by atoms with E-state index >= 15 is 0 Å². The van der Waals surface area contributed by atoms with Gasteiger partial charge in [0.15, 0.2) is 0 Å². The summed E-state index contributed by atoms with van der Waals surface area (Å²) in [6, 6.07) is 12.3. The zero-order valence-electron chi connectivity index (χ0n) is 17.6. The van der Waals surface area contributed by atoms with Crippen molar-refractivity contribution in [3.8, 4) is 17.2 Å². The van der Waals surface area contributed by atoms with Crippen molar-refractivity contribution in [3.05, 3.63) is 70.5 Å². The van der Waals surface area contributed by atoms with Crippen LogP contribution in [0.1, 0.15) is 37.1 Å². The van der Waals surface area contributed by atoms with E-state index in [9.17, 15) is 4.79 Å². The summed E-state index contributed by atoms with van der Waals surface area (Å²) < 4.78 is 2.00. The minimum atomic E-state index is 0.0801. The molecule has 1 aliphatic carbocycles. The Morgan fingerprint density at radius 1 is 1.19 bits per heavy atom. The Kier molecular flexibility index (Phi) is 5.77. The summed E-state index contributed by atoms with van der Waals surface area (Å²) in [4.78, 5) is 20.3. The summed E-state index contributed by atoms with van der Waals surface area (Å²) in [5.41, 5.74) is 13.8. The van der Waals surface area contributed by atoms with Crippen LogP contribution in [-0.4, -0.2) is 24.7 Å². The van der Waals surface area contributed by atoms with Crippen molar-refractivity contribution in [3.63, 3.8) is 0 Å². The molecule has 1 fully saturated rings. The van der Waals surface area contributed by atoms with Crippen LogP contribution < -0.4 is 17.0 Å². The zero-order valence-corrected chi connectivity index (χ0v) is 17.6. The minimum absolute atomic E-state index is 0.0801. The number of rotatable bonds is 3. The van der Waals surface area contributed by atoms with Crippen LogP contribution in [0.3, 0.4) is 0 Å². The van der Waals surface area contributed by atoms with Gasteiger partial charge in [-0.2, -0.15) is 20.4 Å². The van der Waals surface area contributed by atoms with Crippen LogP contribution in [0.15, 0.2) is 53.7 Å². The molecule has 9 nitrogen and oxygen atoms in total. The highest BCUT2D eigenvalue weighted by Gasteiger charge is 2.27. The van der Waals surface area contributed by atoms with Gasteiger partial charge in [-0.05, 0) is 42.3 Å². The van der Waals surface area contributed by atoms with Crippen LogP contribution in [-0.2, 0) is 6.42 Å². The molecule has 0 atom stereocenters. The van der Waals surface area contributed by atoms with Gasteiger partial charge in [-0.15, -0.1) is 0 Å². The van der Waals surface area contributed by atoms with Crippen LogP contribution in [0.2, 0.25) is 0 Å². The van der Waals surface area contributed by atoms with Gasteiger partial charge in [-0.25, -0.2) is 4.98 Å². The third-order valence-electron chi connectivity index (χ3n) is 5.29. The lowest BCUT2D eigenvalue weighted by molar-refractivity contribution is 0.670. The lowest BCUT2D eigenvalue weighted by Crippen LogP contribution is -2.23. The molecule has 1 aromatic carbocycles. The molecule has 32 heavy (non-hydrogen) atoms. The lowest BCUT2D eigenvalue weighted by Gasteiger charge is -2.14. The number of hydrogen-bond acceptors (Lipinski definition) is 8. The monoisotopic (exact) mass is 426 g/mol. The van der Waals surface area contributed by atoms with Gasteiger partial charge in [0, 0.05) is 17.3 Å². The number of nitriles is 1. The van der Waals surface area contributed by atoms with Crippen LogP contribution in [0, 0.1) is 11.3 Å². The fourth-order valence-electron chi connectivity index (χ4n) is 3.62. The van der Waals surface area contributed by atoms with Crippen molar-refractivity contribution >= 4 is 22.5 Å². The van der Waals surface area contributed by atoms with Crippen LogP contribution >= 0.6 is 0 Å². The highest BCUT2D eigenvalue weighted by molar-refractivity contribution is 5.96. The van der Waals surface area contributed by atoms with E-state index in [2.05, 4.69) is 33.2 Å². The Labute approximate surface area is 184 Å². The largest absolute Gasteiger partial charge is 0.382 e. The second-order valence-electron chi connectivity index (χ2n) is 7.44. The Hall–Kier alpha value is -4.32. The van der Waals surface area contributed by atoms with E-state index in [1.807, 2.05) is 34.9 Å². The number of benzene rings is 1. The molecule has 3 heterocycles. The Morgan fingerprint density at radius 3 is 2.62 bits per heavy atom. The maximum atomic E-state index is 13.1. The molecule has 1 saturated carbocycles. The minimum Gasteiger partial charge on any atom is -0.382 e. The zero-order chi connectivity index (χ0) is 22.7. The summed E-state index contributed by atoms with van der Waals surface area (Å²) in [6.07, 6.45) is 7.76. The highest BCUT2D eigenvalue weighted by atomic mass is 16.1. The molecule has 9 heteroatoms. The molecule has 0 saturated heterocycles. The lowest BCUT2D eigenvalue weighted by atomic mass is 10.00.